The Labute approximate surface area is 205 Å². The largest absolute Gasteiger partial charge is 0.416 e. The lowest BCUT2D eigenvalue weighted by Gasteiger charge is -2.19. The van der Waals surface area contributed by atoms with Gasteiger partial charge >= 0.3 is 11.9 Å². The van der Waals surface area contributed by atoms with Gasteiger partial charge in [-0.2, -0.15) is 23.5 Å². The number of hydrogen-bond acceptors (Lipinski definition) is 4. The van der Waals surface area contributed by atoms with Crippen molar-refractivity contribution >= 4 is 15.9 Å². The molecular weight excluding hydrogens is 527 g/mol. The van der Waals surface area contributed by atoms with Crippen LogP contribution in [0.25, 0.3) is 22.6 Å². The van der Waals surface area contributed by atoms with Gasteiger partial charge in [0, 0.05) is 12.7 Å². The quantitative estimate of drug-likeness (QED) is 0.376. The molecule has 4 rings (SSSR count). The first-order valence-electron chi connectivity index (χ1n) is 10.4. The zero-order chi connectivity index (χ0) is 25.5. The van der Waals surface area contributed by atoms with E-state index in [0.29, 0.717) is 21.4 Å². The van der Waals surface area contributed by atoms with E-state index in [1.54, 1.807) is 31.2 Å². The molecule has 0 aliphatic carbocycles. The molecule has 2 aromatic heterocycles. The summed E-state index contributed by atoms with van der Waals surface area (Å²) >= 11 is 3.42. The molecule has 0 aliphatic rings. The van der Waals surface area contributed by atoms with E-state index in [2.05, 4.69) is 21.0 Å². The molecule has 0 atom stereocenters. The summed E-state index contributed by atoms with van der Waals surface area (Å²) in [5.41, 5.74) is -0.665. The van der Waals surface area contributed by atoms with Crippen molar-refractivity contribution in [3.05, 3.63) is 96.9 Å². The van der Waals surface area contributed by atoms with Crippen molar-refractivity contribution in [3.63, 3.8) is 0 Å². The van der Waals surface area contributed by atoms with Crippen molar-refractivity contribution in [2.24, 2.45) is 7.05 Å². The topological polar surface area (TPSA) is 85.6 Å². The number of nitriles is 1. The number of halogens is 4. The van der Waals surface area contributed by atoms with Crippen molar-refractivity contribution in [1.82, 2.24) is 18.9 Å². The summed E-state index contributed by atoms with van der Waals surface area (Å²) in [5, 5.41) is 13.4. The highest BCUT2D eigenvalue weighted by molar-refractivity contribution is 9.10. The van der Waals surface area contributed by atoms with Crippen molar-refractivity contribution in [1.29, 1.82) is 5.26 Å². The monoisotopic (exact) mass is 543 g/mol. The highest BCUT2D eigenvalue weighted by atomic mass is 79.9. The standard InChI is InChI=1S/C24H17BrF3N5O2/c1-3-19-20(21-18(25)13-30-33(21)16-9-7-14(12-29)8-10-16)22(34)31(2)23(35)32(19)17-6-4-5-15(11-17)24(26,27)28/h4-11,13H,3H2,1-2H3. The first-order valence-corrected chi connectivity index (χ1v) is 11.1. The summed E-state index contributed by atoms with van der Waals surface area (Å²) < 4.78 is 44.0. The Hall–Kier alpha value is -3.91. The normalized spacial score (nSPS) is 11.5. The number of nitrogens with zero attached hydrogens (tertiary/aromatic N) is 5. The molecule has 0 spiro atoms. The number of benzene rings is 2. The summed E-state index contributed by atoms with van der Waals surface area (Å²) in [4.78, 5) is 26.5. The molecule has 0 radical (unpaired) electrons. The highest BCUT2D eigenvalue weighted by Crippen LogP contribution is 2.33. The van der Waals surface area contributed by atoms with E-state index >= 15 is 0 Å². The van der Waals surface area contributed by atoms with Crippen LogP contribution >= 0.6 is 15.9 Å². The minimum absolute atomic E-state index is 0.0147. The van der Waals surface area contributed by atoms with E-state index in [-0.39, 0.29) is 23.4 Å². The van der Waals surface area contributed by atoms with Gasteiger partial charge in [-0.05, 0) is 64.8 Å². The predicted octanol–water partition coefficient (Wildman–Crippen LogP) is 4.60. The Morgan fingerprint density at radius 3 is 2.37 bits per heavy atom. The average molecular weight is 544 g/mol. The van der Waals surface area contributed by atoms with E-state index in [4.69, 9.17) is 5.26 Å². The fourth-order valence-electron chi connectivity index (χ4n) is 3.84. The van der Waals surface area contributed by atoms with Crippen molar-refractivity contribution in [3.8, 4) is 28.7 Å². The Kier molecular flexibility index (Phi) is 6.25. The minimum Gasteiger partial charge on any atom is -0.268 e. The molecule has 0 bridgehead atoms. The molecular formula is C24H17BrF3N5O2. The lowest BCUT2D eigenvalue weighted by Crippen LogP contribution is -2.40. The van der Waals surface area contributed by atoms with Crippen molar-refractivity contribution in [2.45, 2.75) is 19.5 Å². The van der Waals surface area contributed by atoms with Gasteiger partial charge in [-0.25, -0.2) is 9.48 Å². The molecule has 0 saturated heterocycles. The van der Waals surface area contributed by atoms with Crippen LogP contribution in [-0.4, -0.2) is 18.9 Å². The third-order valence-electron chi connectivity index (χ3n) is 5.52. The summed E-state index contributed by atoms with van der Waals surface area (Å²) in [6.45, 7) is 1.71. The minimum atomic E-state index is -4.60. The molecule has 0 aliphatic heterocycles. The Morgan fingerprint density at radius 2 is 1.77 bits per heavy atom. The van der Waals surface area contributed by atoms with Crippen LogP contribution in [0.4, 0.5) is 13.2 Å². The summed E-state index contributed by atoms with van der Waals surface area (Å²) in [7, 11) is 1.27. The summed E-state index contributed by atoms with van der Waals surface area (Å²) in [5.74, 6) is 0. The van der Waals surface area contributed by atoms with Gasteiger partial charge < -0.3 is 0 Å². The first kappa shape index (κ1) is 24.2. The van der Waals surface area contributed by atoms with Crippen molar-refractivity contribution in [2.75, 3.05) is 0 Å². The molecule has 178 valence electrons. The van der Waals surface area contributed by atoms with Crippen LogP contribution in [0.5, 0.6) is 0 Å². The van der Waals surface area contributed by atoms with Gasteiger partial charge in [0.1, 0.15) is 0 Å². The Balaban J connectivity index is 2.06. The van der Waals surface area contributed by atoms with Gasteiger partial charge in [-0.3, -0.25) is 13.9 Å². The molecule has 11 heteroatoms. The number of aromatic nitrogens is 4. The number of alkyl halides is 3. The van der Waals surface area contributed by atoms with Gasteiger partial charge in [0.25, 0.3) is 5.56 Å². The van der Waals surface area contributed by atoms with Crippen LogP contribution in [0.1, 0.15) is 23.7 Å². The molecule has 35 heavy (non-hydrogen) atoms. The molecule has 7 nitrogen and oxygen atoms in total. The van der Waals surface area contributed by atoms with E-state index in [1.807, 2.05) is 6.07 Å². The van der Waals surface area contributed by atoms with E-state index in [9.17, 15) is 22.8 Å². The smallest absolute Gasteiger partial charge is 0.268 e. The predicted molar refractivity (Wildman–Crippen MR) is 127 cm³/mol. The second kappa shape index (κ2) is 9.03. The Morgan fingerprint density at radius 1 is 1.09 bits per heavy atom. The molecule has 0 fully saturated rings. The van der Waals surface area contributed by atoms with Crippen LogP contribution in [0, 0.1) is 11.3 Å². The van der Waals surface area contributed by atoms with Crippen LogP contribution in [0.3, 0.4) is 0 Å². The second-order valence-corrected chi connectivity index (χ2v) is 8.47. The third kappa shape index (κ3) is 4.21. The van der Waals surface area contributed by atoms with E-state index < -0.39 is 23.0 Å². The van der Waals surface area contributed by atoms with Gasteiger partial charge in [0.2, 0.25) is 0 Å². The lowest BCUT2D eigenvalue weighted by molar-refractivity contribution is -0.137. The summed E-state index contributed by atoms with van der Waals surface area (Å²) in [6.07, 6.45) is -2.96. The van der Waals surface area contributed by atoms with E-state index in [0.717, 1.165) is 21.3 Å². The van der Waals surface area contributed by atoms with Gasteiger partial charge in [0.15, 0.2) is 0 Å². The van der Waals surface area contributed by atoms with Crippen LogP contribution in [0.2, 0.25) is 0 Å². The van der Waals surface area contributed by atoms with Crippen LogP contribution in [0.15, 0.2) is 68.8 Å². The number of rotatable bonds is 4. The molecule has 0 saturated carbocycles. The maximum atomic E-state index is 13.4. The fourth-order valence-corrected chi connectivity index (χ4v) is 4.30. The van der Waals surface area contributed by atoms with Crippen LogP contribution < -0.4 is 11.2 Å². The zero-order valence-electron chi connectivity index (χ0n) is 18.5. The van der Waals surface area contributed by atoms with Gasteiger partial charge in [0.05, 0.1) is 50.5 Å². The maximum Gasteiger partial charge on any atom is 0.416 e. The highest BCUT2D eigenvalue weighted by Gasteiger charge is 2.31. The molecule has 0 N–H and O–H groups in total. The number of hydrogen-bond donors (Lipinski definition) is 0. The maximum absolute atomic E-state index is 13.4. The van der Waals surface area contributed by atoms with E-state index in [1.165, 1.54) is 30.1 Å². The second-order valence-electron chi connectivity index (χ2n) is 7.62. The van der Waals surface area contributed by atoms with Gasteiger partial charge in [-0.15, -0.1) is 0 Å². The molecule has 2 heterocycles. The molecule has 4 aromatic rings. The lowest BCUT2D eigenvalue weighted by atomic mass is 10.1. The zero-order valence-corrected chi connectivity index (χ0v) is 20.1. The van der Waals surface area contributed by atoms with Crippen LogP contribution in [-0.2, 0) is 19.6 Å². The molecule has 2 aromatic carbocycles. The first-order chi connectivity index (χ1) is 16.6. The average Bonchev–Trinajstić information content (AvgIpc) is 3.22. The molecule has 0 amide bonds. The Bertz CT molecular complexity index is 1590. The van der Waals surface area contributed by atoms with Gasteiger partial charge in [-0.1, -0.05) is 13.0 Å². The molecule has 0 unspecified atom stereocenters. The fraction of sp³-hybridized carbons (Fsp3) is 0.167. The third-order valence-corrected chi connectivity index (χ3v) is 6.10. The summed E-state index contributed by atoms with van der Waals surface area (Å²) in [6, 6.07) is 12.9. The SMILES string of the molecule is CCc1c(-c2c(Br)cnn2-c2ccc(C#N)cc2)c(=O)n(C)c(=O)n1-c1cccc(C(F)(F)F)c1. The van der Waals surface area contributed by atoms with Crippen molar-refractivity contribution < 1.29 is 13.2 Å².